The second kappa shape index (κ2) is 8.29. The summed E-state index contributed by atoms with van der Waals surface area (Å²) in [6.07, 6.45) is 0.451. The summed E-state index contributed by atoms with van der Waals surface area (Å²) in [4.78, 5) is 17.2. The number of fused-ring (bicyclic) bond motifs is 4. The van der Waals surface area contributed by atoms with Crippen LogP contribution in [-0.2, 0) is 0 Å². The summed E-state index contributed by atoms with van der Waals surface area (Å²) in [5.41, 5.74) is 0.998. The van der Waals surface area contributed by atoms with E-state index >= 15 is 0 Å². The van der Waals surface area contributed by atoms with Gasteiger partial charge in [0, 0.05) is 23.2 Å². The Labute approximate surface area is 202 Å². The van der Waals surface area contributed by atoms with Crippen molar-refractivity contribution >= 4 is 28.9 Å². The predicted molar refractivity (Wildman–Crippen MR) is 130 cm³/mol. The number of para-hydroxylation sites is 1. The van der Waals surface area contributed by atoms with E-state index in [4.69, 9.17) is 26.4 Å². The molecule has 2 bridgehead atoms. The third-order valence-electron chi connectivity index (χ3n) is 6.30. The van der Waals surface area contributed by atoms with E-state index in [1.807, 2.05) is 25.1 Å². The lowest BCUT2D eigenvalue weighted by Gasteiger charge is -2.55. The Morgan fingerprint density at radius 1 is 1.06 bits per heavy atom. The van der Waals surface area contributed by atoms with Crippen LogP contribution in [0.15, 0.2) is 66.7 Å². The number of hydrogen-bond acceptors (Lipinski definition) is 5. The van der Waals surface area contributed by atoms with Crippen LogP contribution in [-0.4, -0.2) is 35.9 Å². The Morgan fingerprint density at radius 2 is 1.76 bits per heavy atom. The van der Waals surface area contributed by atoms with Crippen molar-refractivity contribution in [2.75, 3.05) is 19.1 Å². The van der Waals surface area contributed by atoms with Gasteiger partial charge in [-0.1, -0.05) is 12.1 Å². The molecule has 6 nitrogen and oxygen atoms in total. The van der Waals surface area contributed by atoms with E-state index in [0.29, 0.717) is 34.9 Å². The Balaban J connectivity index is 1.67. The molecule has 174 valence electrons. The zero-order chi connectivity index (χ0) is 24.0. The number of nitrogens with zero attached hydrogens (tertiary/aromatic N) is 2. The summed E-state index contributed by atoms with van der Waals surface area (Å²) in [6.45, 7) is 1.92. The third-order valence-corrected chi connectivity index (χ3v) is 6.68. The van der Waals surface area contributed by atoms with Crippen LogP contribution in [0, 0.1) is 5.82 Å². The number of rotatable bonds is 4. The van der Waals surface area contributed by atoms with Gasteiger partial charge in [0.2, 0.25) is 0 Å². The molecule has 0 spiro atoms. The lowest BCUT2D eigenvalue weighted by atomic mass is 9.88. The van der Waals surface area contributed by atoms with Crippen LogP contribution in [0.4, 0.5) is 10.1 Å². The van der Waals surface area contributed by atoms with Crippen LogP contribution in [0.5, 0.6) is 17.2 Å². The van der Waals surface area contributed by atoms with Gasteiger partial charge >= 0.3 is 0 Å². The van der Waals surface area contributed by atoms with E-state index in [-0.39, 0.29) is 22.9 Å². The first-order valence-electron chi connectivity index (χ1n) is 10.8. The maximum atomic E-state index is 13.8. The van der Waals surface area contributed by atoms with E-state index in [1.54, 1.807) is 60.4 Å². The second-order valence-electron chi connectivity index (χ2n) is 8.37. The summed E-state index contributed by atoms with van der Waals surface area (Å²) >= 11 is 5.91. The molecule has 3 aromatic rings. The number of hydrogen-bond donors (Lipinski definition) is 0. The van der Waals surface area contributed by atoms with E-state index in [2.05, 4.69) is 0 Å². The molecular weight excluding hydrogens is 455 g/mol. The number of ether oxygens (including phenoxy) is 3. The van der Waals surface area contributed by atoms with Crippen LogP contribution in [0.25, 0.3) is 0 Å². The number of carbonyl (C=O) groups is 1. The SMILES string of the molecule is COc1ccc(C(=O)N2C(=S)N(c3ccc(F)cc3)[C@@]3(C)C[C@H]2c2cccc(OC)c2O3)cc1. The molecule has 1 amide bonds. The molecule has 2 atom stereocenters. The highest BCUT2D eigenvalue weighted by Crippen LogP contribution is 2.52. The zero-order valence-corrected chi connectivity index (χ0v) is 19.8. The lowest BCUT2D eigenvalue weighted by Crippen LogP contribution is -2.67. The highest BCUT2D eigenvalue weighted by Gasteiger charge is 2.54. The normalized spacial score (nSPS) is 20.9. The molecule has 1 saturated heterocycles. The number of methoxy groups -OCH3 is 2. The summed E-state index contributed by atoms with van der Waals surface area (Å²) < 4.78 is 31.0. The van der Waals surface area contributed by atoms with Crippen molar-refractivity contribution in [3.63, 3.8) is 0 Å². The van der Waals surface area contributed by atoms with E-state index in [1.165, 1.54) is 12.1 Å². The van der Waals surface area contributed by atoms with Crippen molar-refractivity contribution in [1.82, 2.24) is 4.90 Å². The van der Waals surface area contributed by atoms with Crippen molar-refractivity contribution in [2.45, 2.75) is 25.1 Å². The van der Waals surface area contributed by atoms with Crippen molar-refractivity contribution in [2.24, 2.45) is 0 Å². The number of anilines is 1. The first-order chi connectivity index (χ1) is 16.4. The van der Waals surface area contributed by atoms with Crippen molar-refractivity contribution < 1.29 is 23.4 Å². The van der Waals surface area contributed by atoms with Gasteiger partial charge in [-0.2, -0.15) is 0 Å². The Hall–Kier alpha value is -3.65. The monoisotopic (exact) mass is 478 g/mol. The molecule has 0 saturated carbocycles. The van der Waals surface area contributed by atoms with Gasteiger partial charge in [0.05, 0.1) is 20.3 Å². The number of thiocarbonyl (C=S) groups is 1. The van der Waals surface area contributed by atoms with Crippen LogP contribution >= 0.6 is 12.2 Å². The molecule has 5 rings (SSSR count). The molecular formula is C26H23FN2O4S. The van der Waals surface area contributed by atoms with Crippen LogP contribution in [0.3, 0.4) is 0 Å². The molecule has 3 aromatic carbocycles. The molecule has 1 fully saturated rings. The van der Waals surface area contributed by atoms with Crippen molar-refractivity contribution in [3.8, 4) is 17.2 Å². The maximum absolute atomic E-state index is 13.8. The molecule has 0 aliphatic carbocycles. The Kier molecular flexibility index (Phi) is 5.40. The molecule has 2 aliphatic rings. The molecule has 2 aliphatic heterocycles. The van der Waals surface area contributed by atoms with Gasteiger partial charge in [0.15, 0.2) is 22.3 Å². The smallest absolute Gasteiger partial charge is 0.260 e. The standard InChI is InChI=1S/C26H23FN2O4S/c1-26-15-21(20-5-4-6-22(32-3)23(20)33-26)28(24(30)16-7-13-19(31-2)14-8-16)25(34)29(26)18-11-9-17(27)10-12-18/h4-14,21H,15H2,1-3H3/t21-,26+/m0/s1. The molecule has 2 heterocycles. The number of amides is 1. The average Bonchev–Trinajstić information content (AvgIpc) is 2.84. The largest absolute Gasteiger partial charge is 0.497 e. The number of carbonyl (C=O) groups excluding carboxylic acids is 1. The van der Waals surface area contributed by atoms with Crippen molar-refractivity contribution in [3.05, 3.63) is 83.7 Å². The first kappa shape index (κ1) is 22.2. The van der Waals surface area contributed by atoms with Gasteiger partial charge in [-0.05, 0) is 73.7 Å². The molecule has 8 heteroatoms. The van der Waals surface area contributed by atoms with Gasteiger partial charge in [-0.3, -0.25) is 14.6 Å². The quantitative estimate of drug-likeness (QED) is 0.473. The summed E-state index contributed by atoms with van der Waals surface area (Å²) in [6, 6.07) is 18.1. The zero-order valence-electron chi connectivity index (χ0n) is 18.9. The predicted octanol–water partition coefficient (Wildman–Crippen LogP) is 5.33. The van der Waals surface area contributed by atoms with Crippen LogP contribution < -0.4 is 19.1 Å². The van der Waals surface area contributed by atoms with Gasteiger partial charge < -0.3 is 14.2 Å². The summed E-state index contributed by atoms with van der Waals surface area (Å²) in [5, 5.41) is 0.277. The highest BCUT2D eigenvalue weighted by atomic mass is 32.1. The molecule has 34 heavy (non-hydrogen) atoms. The summed E-state index contributed by atoms with van der Waals surface area (Å²) in [5.74, 6) is 1.17. The molecule has 0 radical (unpaired) electrons. The number of halogens is 1. The fourth-order valence-corrected chi connectivity index (χ4v) is 5.19. The lowest BCUT2D eigenvalue weighted by molar-refractivity contribution is 0.0162. The minimum Gasteiger partial charge on any atom is -0.497 e. The number of benzene rings is 3. The van der Waals surface area contributed by atoms with Gasteiger partial charge in [0.25, 0.3) is 5.91 Å². The Bertz CT molecular complexity index is 1260. The molecule has 0 N–H and O–H groups in total. The fourth-order valence-electron chi connectivity index (χ4n) is 4.68. The topological polar surface area (TPSA) is 51.2 Å². The van der Waals surface area contributed by atoms with Crippen LogP contribution in [0.1, 0.15) is 35.3 Å². The van der Waals surface area contributed by atoms with E-state index in [9.17, 15) is 9.18 Å². The fraction of sp³-hybridized carbons (Fsp3) is 0.231. The van der Waals surface area contributed by atoms with E-state index in [0.717, 1.165) is 5.56 Å². The second-order valence-corrected chi connectivity index (χ2v) is 8.74. The molecule has 0 unspecified atom stereocenters. The maximum Gasteiger partial charge on any atom is 0.260 e. The van der Waals surface area contributed by atoms with Gasteiger partial charge in [0.1, 0.15) is 11.6 Å². The van der Waals surface area contributed by atoms with Crippen LogP contribution in [0.2, 0.25) is 0 Å². The average molecular weight is 479 g/mol. The van der Waals surface area contributed by atoms with Gasteiger partial charge in [-0.15, -0.1) is 0 Å². The third kappa shape index (κ3) is 3.45. The Morgan fingerprint density at radius 3 is 2.41 bits per heavy atom. The highest BCUT2D eigenvalue weighted by molar-refractivity contribution is 7.80. The minimum atomic E-state index is -0.919. The van der Waals surface area contributed by atoms with Gasteiger partial charge in [-0.25, -0.2) is 4.39 Å². The summed E-state index contributed by atoms with van der Waals surface area (Å²) in [7, 11) is 3.15. The first-order valence-corrected chi connectivity index (χ1v) is 11.2. The van der Waals surface area contributed by atoms with E-state index < -0.39 is 5.72 Å². The minimum absolute atomic E-state index is 0.248. The molecule has 0 aromatic heterocycles. The van der Waals surface area contributed by atoms with Crippen molar-refractivity contribution in [1.29, 1.82) is 0 Å².